The van der Waals surface area contributed by atoms with E-state index in [1.165, 1.54) is 6.20 Å². The molecule has 2 aromatic rings. The summed E-state index contributed by atoms with van der Waals surface area (Å²) in [6, 6.07) is 7.65. The Kier molecular flexibility index (Phi) is 7.02. The molecule has 1 amide bonds. The van der Waals surface area contributed by atoms with E-state index < -0.39 is 22.7 Å². The van der Waals surface area contributed by atoms with Crippen molar-refractivity contribution in [2.45, 2.75) is 62.8 Å². The zero-order valence-corrected chi connectivity index (χ0v) is 23.0. The number of aromatic amines is 1. The Bertz CT molecular complexity index is 1350. The molecule has 5 rings (SSSR count). The van der Waals surface area contributed by atoms with Crippen molar-refractivity contribution in [1.29, 1.82) is 5.26 Å². The molecule has 9 nitrogen and oxygen atoms in total. The number of rotatable bonds is 8. The number of benzene rings is 1. The van der Waals surface area contributed by atoms with E-state index in [9.17, 15) is 9.90 Å². The number of carbonyl (C=O) groups is 1. The predicted octanol–water partition coefficient (Wildman–Crippen LogP) is 4.47. The summed E-state index contributed by atoms with van der Waals surface area (Å²) in [6.07, 6.45) is 11.0. The molecule has 0 radical (unpaired) electrons. The molecule has 206 valence electrons. The summed E-state index contributed by atoms with van der Waals surface area (Å²) < 4.78 is 17.4. The molecule has 2 bridgehead atoms. The van der Waals surface area contributed by atoms with Gasteiger partial charge in [0.1, 0.15) is 23.0 Å². The summed E-state index contributed by atoms with van der Waals surface area (Å²) in [5, 5.41) is 24.3. The number of nitrogens with one attached hydrogen (secondary N) is 2. The molecule has 3 aliphatic rings. The molecular formula is C30H36N4O5. The van der Waals surface area contributed by atoms with Gasteiger partial charge in [0.15, 0.2) is 5.82 Å². The van der Waals surface area contributed by atoms with Crippen molar-refractivity contribution in [3.63, 3.8) is 0 Å². The topological polar surface area (TPSA) is 129 Å². The Hall–Kier alpha value is -3.29. The lowest BCUT2D eigenvalue weighted by Crippen LogP contribution is -2.55. The van der Waals surface area contributed by atoms with Gasteiger partial charge in [0.05, 0.1) is 25.0 Å². The molecule has 3 atom stereocenters. The summed E-state index contributed by atoms with van der Waals surface area (Å²) in [5.74, 6) is -0.374. The van der Waals surface area contributed by atoms with Crippen molar-refractivity contribution in [2.24, 2.45) is 5.41 Å². The van der Waals surface area contributed by atoms with E-state index in [1.54, 1.807) is 14.2 Å². The molecule has 39 heavy (non-hydrogen) atoms. The number of H-pyrrole nitrogens is 1. The SMILES string of the molecule is COC[C@@]12C=C[C@@](COC)(CC(O)(c3ccc(NC(=O)c4ncc(C#N)[nH]4)c(C4=CCC(C)(C)CC4)c3)C1)O2. The molecule has 1 aliphatic carbocycles. The predicted molar refractivity (Wildman–Crippen MR) is 146 cm³/mol. The first kappa shape index (κ1) is 27.3. The van der Waals surface area contributed by atoms with Crippen molar-refractivity contribution < 1.29 is 24.1 Å². The molecule has 0 spiro atoms. The highest BCUT2D eigenvalue weighted by atomic mass is 16.6. The second-order valence-electron chi connectivity index (χ2n) is 11.9. The molecule has 9 heteroatoms. The molecule has 0 saturated carbocycles. The molecule has 1 fully saturated rings. The fourth-order valence-corrected chi connectivity index (χ4v) is 6.17. The van der Waals surface area contributed by atoms with Crippen LogP contribution in [0.2, 0.25) is 0 Å². The summed E-state index contributed by atoms with van der Waals surface area (Å²) >= 11 is 0. The number of imidazole rings is 1. The average molecular weight is 533 g/mol. The van der Waals surface area contributed by atoms with Gasteiger partial charge in [-0.1, -0.05) is 38.1 Å². The van der Waals surface area contributed by atoms with E-state index in [0.29, 0.717) is 31.7 Å². The van der Waals surface area contributed by atoms with Gasteiger partial charge >= 0.3 is 0 Å². The lowest BCUT2D eigenvalue weighted by molar-refractivity contribution is -0.225. The van der Waals surface area contributed by atoms with Gasteiger partial charge in [-0.05, 0) is 47.9 Å². The number of aliphatic hydroxyl groups is 1. The second-order valence-corrected chi connectivity index (χ2v) is 11.9. The Morgan fingerprint density at radius 1 is 1.21 bits per heavy atom. The van der Waals surface area contributed by atoms with Crippen molar-refractivity contribution in [3.8, 4) is 6.07 Å². The number of ether oxygens (including phenoxy) is 3. The maximum Gasteiger partial charge on any atom is 0.291 e. The Morgan fingerprint density at radius 2 is 1.90 bits per heavy atom. The second kappa shape index (κ2) is 10.0. The number of fused-ring (bicyclic) bond motifs is 2. The summed E-state index contributed by atoms with van der Waals surface area (Å²) in [5.41, 5.74) is 1.04. The van der Waals surface area contributed by atoms with E-state index in [0.717, 1.165) is 36.0 Å². The third kappa shape index (κ3) is 5.30. The number of carbonyl (C=O) groups excluding carboxylic acids is 1. The number of amides is 1. The number of anilines is 1. The van der Waals surface area contributed by atoms with Crippen LogP contribution >= 0.6 is 0 Å². The van der Waals surface area contributed by atoms with Crippen molar-refractivity contribution >= 4 is 17.2 Å². The molecule has 1 unspecified atom stereocenters. The largest absolute Gasteiger partial charge is 0.385 e. The molecule has 3 heterocycles. The van der Waals surface area contributed by atoms with Crippen LogP contribution in [0.4, 0.5) is 5.69 Å². The average Bonchev–Trinajstić information content (AvgIpc) is 3.47. The first-order valence-corrected chi connectivity index (χ1v) is 13.3. The lowest BCUT2D eigenvalue weighted by Gasteiger charge is -2.48. The number of nitriles is 1. The van der Waals surface area contributed by atoms with Gasteiger partial charge in [-0.3, -0.25) is 4.79 Å². The van der Waals surface area contributed by atoms with Gasteiger partial charge in [-0.25, -0.2) is 4.98 Å². The van der Waals surface area contributed by atoms with Crippen LogP contribution in [-0.4, -0.2) is 59.6 Å². The van der Waals surface area contributed by atoms with Crippen LogP contribution in [0.3, 0.4) is 0 Å². The van der Waals surface area contributed by atoms with Crippen LogP contribution in [0, 0.1) is 16.7 Å². The summed E-state index contributed by atoms with van der Waals surface area (Å²) in [4.78, 5) is 19.8. The maximum atomic E-state index is 13.0. The summed E-state index contributed by atoms with van der Waals surface area (Å²) in [7, 11) is 3.25. The van der Waals surface area contributed by atoms with Crippen molar-refractivity contribution in [1.82, 2.24) is 9.97 Å². The quantitative estimate of drug-likeness (QED) is 0.428. The Balaban J connectivity index is 1.53. The number of hydrogen-bond donors (Lipinski definition) is 3. The lowest BCUT2D eigenvalue weighted by atomic mass is 9.73. The number of nitrogens with zero attached hydrogens (tertiary/aromatic N) is 2. The highest BCUT2D eigenvalue weighted by molar-refractivity contribution is 6.03. The Morgan fingerprint density at radius 3 is 2.46 bits per heavy atom. The molecule has 1 aromatic carbocycles. The minimum atomic E-state index is -1.21. The minimum absolute atomic E-state index is 0.0639. The normalized spacial score (nSPS) is 29.1. The van der Waals surface area contributed by atoms with Crippen LogP contribution in [0.1, 0.15) is 73.4 Å². The standard InChI is InChI=1S/C30H36N4O5/c1-27(2)9-7-20(8-10-27)23-13-21(5-6-24(23)34-26(35)25-32-15-22(14-31)33-25)30(36)16-28(18-37-3)11-12-29(17-30,39-28)19-38-4/h5-7,11-13,15,36H,8-10,16-19H2,1-4H3,(H,32,33)(H,34,35)/t28-,29+,30?. The van der Waals surface area contributed by atoms with Gasteiger partial charge in [0.25, 0.3) is 5.91 Å². The first-order valence-electron chi connectivity index (χ1n) is 13.3. The number of allylic oxidation sites excluding steroid dienone is 2. The van der Waals surface area contributed by atoms with Gasteiger partial charge in [-0.2, -0.15) is 5.26 Å². The smallest absolute Gasteiger partial charge is 0.291 e. The minimum Gasteiger partial charge on any atom is -0.385 e. The number of aromatic nitrogens is 2. The molecule has 2 aliphatic heterocycles. The van der Waals surface area contributed by atoms with Crippen molar-refractivity contribution in [2.75, 3.05) is 32.8 Å². The van der Waals surface area contributed by atoms with Crippen molar-refractivity contribution in [3.05, 3.63) is 65.3 Å². The van der Waals surface area contributed by atoms with Crippen LogP contribution in [0.15, 0.2) is 42.6 Å². The maximum absolute atomic E-state index is 13.0. The van der Waals surface area contributed by atoms with Gasteiger partial charge in [-0.15, -0.1) is 0 Å². The monoisotopic (exact) mass is 532 g/mol. The van der Waals surface area contributed by atoms with Crippen LogP contribution in [0.5, 0.6) is 0 Å². The highest BCUT2D eigenvalue weighted by Gasteiger charge is 2.57. The van der Waals surface area contributed by atoms with Gasteiger partial charge < -0.3 is 29.6 Å². The van der Waals surface area contributed by atoms with E-state index in [4.69, 9.17) is 19.5 Å². The third-order valence-corrected chi connectivity index (χ3v) is 8.09. The van der Waals surface area contributed by atoms with Crippen LogP contribution in [-0.2, 0) is 19.8 Å². The number of hydrogen-bond acceptors (Lipinski definition) is 7. The van der Waals surface area contributed by atoms with E-state index in [1.807, 2.05) is 36.4 Å². The molecule has 1 saturated heterocycles. The third-order valence-electron chi connectivity index (χ3n) is 8.09. The molecule has 1 aromatic heterocycles. The molecular weight excluding hydrogens is 496 g/mol. The van der Waals surface area contributed by atoms with E-state index >= 15 is 0 Å². The fraction of sp³-hybridized carbons (Fsp3) is 0.500. The van der Waals surface area contributed by atoms with Gasteiger partial charge in [0, 0.05) is 38.3 Å². The molecule has 3 N–H and O–H groups in total. The fourth-order valence-electron chi connectivity index (χ4n) is 6.17. The summed E-state index contributed by atoms with van der Waals surface area (Å²) in [6.45, 7) is 5.13. The first-order chi connectivity index (χ1) is 18.5. The highest BCUT2D eigenvalue weighted by Crippen LogP contribution is 2.52. The van der Waals surface area contributed by atoms with Crippen LogP contribution in [0.25, 0.3) is 5.57 Å². The van der Waals surface area contributed by atoms with Gasteiger partial charge in [0.2, 0.25) is 0 Å². The van der Waals surface area contributed by atoms with E-state index in [-0.39, 0.29) is 16.9 Å². The number of methoxy groups -OCH3 is 2. The zero-order chi connectivity index (χ0) is 27.9. The van der Waals surface area contributed by atoms with E-state index in [2.05, 4.69) is 35.2 Å². The van der Waals surface area contributed by atoms with Crippen LogP contribution < -0.4 is 5.32 Å². The zero-order valence-electron chi connectivity index (χ0n) is 23.0. The Labute approximate surface area is 228 Å².